The van der Waals surface area contributed by atoms with E-state index < -0.39 is 6.10 Å². The van der Waals surface area contributed by atoms with Gasteiger partial charge in [0.1, 0.15) is 5.65 Å². The molecule has 114 valence electrons. The van der Waals surface area contributed by atoms with E-state index in [1.807, 2.05) is 29.5 Å². The molecule has 1 atom stereocenters. The number of benzene rings is 1. The molecular weight excluding hydrogens is 272 g/mol. The molecule has 3 heteroatoms. The van der Waals surface area contributed by atoms with Crippen molar-refractivity contribution in [2.45, 2.75) is 39.7 Å². The second kappa shape index (κ2) is 5.58. The summed E-state index contributed by atoms with van der Waals surface area (Å²) in [5.74, 6) is 0.508. The van der Waals surface area contributed by atoms with Crippen molar-refractivity contribution in [2.24, 2.45) is 0 Å². The second-order valence-electron chi connectivity index (χ2n) is 6.16. The van der Waals surface area contributed by atoms with Crippen LogP contribution in [0.15, 0.2) is 42.5 Å². The molecule has 3 aromatic rings. The van der Waals surface area contributed by atoms with Crippen LogP contribution in [0.3, 0.4) is 0 Å². The summed E-state index contributed by atoms with van der Waals surface area (Å²) >= 11 is 0. The van der Waals surface area contributed by atoms with Gasteiger partial charge in [-0.3, -0.25) is 4.40 Å². The fraction of sp³-hybridized carbons (Fsp3) is 0.316. The van der Waals surface area contributed by atoms with Gasteiger partial charge in [0, 0.05) is 11.3 Å². The molecule has 2 aromatic heterocycles. The number of aliphatic hydroxyl groups excluding tert-OH is 1. The van der Waals surface area contributed by atoms with Crippen LogP contribution in [0.4, 0.5) is 0 Å². The predicted octanol–water partition coefficient (Wildman–Crippen LogP) is 4.49. The highest BCUT2D eigenvalue weighted by Gasteiger charge is 2.18. The molecule has 3 rings (SSSR count). The lowest BCUT2D eigenvalue weighted by molar-refractivity contribution is 0.194. The topological polar surface area (TPSA) is 37.5 Å². The number of fused-ring (bicyclic) bond motifs is 1. The number of rotatable bonds is 3. The van der Waals surface area contributed by atoms with Crippen molar-refractivity contribution < 1.29 is 5.11 Å². The minimum absolute atomic E-state index is 0.508. The number of hydrogen-bond donors (Lipinski definition) is 1. The molecule has 0 aliphatic heterocycles. The van der Waals surface area contributed by atoms with Crippen LogP contribution in [0.5, 0.6) is 0 Å². The van der Waals surface area contributed by atoms with Crippen molar-refractivity contribution in [2.75, 3.05) is 0 Å². The summed E-state index contributed by atoms with van der Waals surface area (Å²) in [7, 11) is 0. The first-order valence-corrected chi connectivity index (χ1v) is 7.75. The SMILES string of the molecule is Cc1cccc2nc(-c3ccc(C(C)C)cc3)c(C(C)O)n12. The summed E-state index contributed by atoms with van der Waals surface area (Å²) in [6.07, 6.45) is -0.573. The van der Waals surface area contributed by atoms with Crippen LogP contribution in [-0.4, -0.2) is 14.5 Å². The van der Waals surface area contributed by atoms with Gasteiger partial charge in [0.2, 0.25) is 0 Å². The van der Waals surface area contributed by atoms with Gasteiger partial charge in [0.15, 0.2) is 0 Å². The summed E-state index contributed by atoms with van der Waals surface area (Å²) in [5.41, 5.74) is 6.01. The Bertz CT molecular complexity index is 798. The minimum atomic E-state index is -0.573. The van der Waals surface area contributed by atoms with Crippen LogP contribution in [0.1, 0.15) is 49.7 Å². The number of aliphatic hydroxyl groups is 1. The minimum Gasteiger partial charge on any atom is -0.387 e. The monoisotopic (exact) mass is 294 g/mol. The van der Waals surface area contributed by atoms with Crippen LogP contribution in [0.25, 0.3) is 16.9 Å². The van der Waals surface area contributed by atoms with Crippen molar-refractivity contribution in [3.05, 3.63) is 59.4 Å². The Morgan fingerprint density at radius 1 is 1.00 bits per heavy atom. The number of nitrogens with zero attached hydrogens (tertiary/aromatic N) is 2. The standard InChI is InChI=1S/C19H22N2O/c1-12(2)15-8-10-16(11-9-15)18-19(14(4)22)21-13(3)6-5-7-17(21)20-18/h5-12,14,22H,1-4H3. The van der Waals surface area contributed by atoms with E-state index in [1.165, 1.54) is 5.56 Å². The highest BCUT2D eigenvalue weighted by atomic mass is 16.3. The Balaban J connectivity index is 2.22. The fourth-order valence-corrected chi connectivity index (χ4v) is 2.90. The van der Waals surface area contributed by atoms with Gasteiger partial charge in [0.25, 0.3) is 0 Å². The van der Waals surface area contributed by atoms with Crippen molar-refractivity contribution >= 4 is 5.65 Å². The molecule has 0 saturated carbocycles. The molecule has 0 radical (unpaired) electrons. The maximum absolute atomic E-state index is 10.3. The van der Waals surface area contributed by atoms with Gasteiger partial charge < -0.3 is 5.11 Å². The predicted molar refractivity (Wildman–Crippen MR) is 90.1 cm³/mol. The van der Waals surface area contributed by atoms with Gasteiger partial charge >= 0.3 is 0 Å². The van der Waals surface area contributed by atoms with Crippen molar-refractivity contribution in [1.29, 1.82) is 0 Å². The van der Waals surface area contributed by atoms with Crippen molar-refractivity contribution in [1.82, 2.24) is 9.38 Å². The normalized spacial score (nSPS) is 13.0. The molecule has 2 heterocycles. The van der Waals surface area contributed by atoms with Gasteiger partial charge in [-0.05, 0) is 37.5 Å². The molecular formula is C19H22N2O. The molecule has 3 nitrogen and oxygen atoms in total. The van der Waals surface area contributed by atoms with E-state index >= 15 is 0 Å². The summed E-state index contributed by atoms with van der Waals surface area (Å²) in [6, 6.07) is 14.5. The Morgan fingerprint density at radius 3 is 2.27 bits per heavy atom. The van der Waals surface area contributed by atoms with Gasteiger partial charge in [-0.2, -0.15) is 0 Å². The summed E-state index contributed by atoms with van der Waals surface area (Å²) < 4.78 is 2.04. The van der Waals surface area contributed by atoms with Crippen LogP contribution < -0.4 is 0 Å². The fourth-order valence-electron chi connectivity index (χ4n) is 2.90. The molecule has 1 aromatic carbocycles. The smallest absolute Gasteiger partial charge is 0.137 e. The molecule has 0 aliphatic carbocycles. The molecule has 22 heavy (non-hydrogen) atoms. The van der Waals surface area contributed by atoms with E-state index in [2.05, 4.69) is 38.1 Å². The first-order valence-electron chi connectivity index (χ1n) is 7.75. The number of aromatic nitrogens is 2. The van der Waals surface area contributed by atoms with Gasteiger partial charge in [-0.1, -0.05) is 44.2 Å². The molecule has 1 N–H and O–H groups in total. The number of imidazole rings is 1. The third kappa shape index (κ3) is 2.42. The largest absolute Gasteiger partial charge is 0.387 e. The average Bonchev–Trinajstić information content (AvgIpc) is 2.88. The van der Waals surface area contributed by atoms with E-state index in [-0.39, 0.29) is 0 Å². The van der Waals surface area contributed by atoms with Crippen LogP contribution in [0.2, 0.25) is 0 Å². The lowest BCUT2D eigenvalue weighted by Crippen LogP contribution is -2.02. The third-order valence-electron chi connectivity index (χ3n) is 4.12. The van der Waals surface area contributed by atoms with E-state index in [0.717, 1.165) is 28.3 Å². The molecule has 0 bridgehead atoms. The molecule has 0 spiro atoms. The van der Waals surface area contributed by atoms with E-state index in [9.17, 15) is 5.11 Å². The lowest BCUT2D eigenvalue weighted by atomic mass is 10.00. The quantitative estimate of drug-likeness (QED) is 0.773. The summed E-state index contributed by atoms with van der Waals surface area (Å²) in [5, 5.41) is 10.3. The average molecular weight is 294 g/mol. The van der Waals surface area contributed by atoms with E-state index in [0.29, 0.717) is 5.92 Å². The molecule has 1 unspecified atom stereocenters. The molecule has 0 amide bonds. The maximum atomic E-state index is 10.3. The highest BCUT2D eigenvalue weighted by molar-refractivity contribution is 5.67. The first kappa shape index (κ1) is 14.8. The van der Waals surface area contributed by atoms with Crippen LogP contribution >= 0.6 is 0 Å². The van der Waals surface area contributed by atoms with E-state index in [4.69, 9.17) is 4.98 Å². The zero-order chi connectivity index (χ0) is 15.9. The van der Waals surface area contributed by atoms with Crippen molar-refractivity contribution in [3.8, 4) is 11.3 Å². The van der Waals surface area contributed by atoms with Crippen LogP contribution in [-0.2, 0) is 0 Å². The van der Waals surface area contributed by atoms with Gasteiger partial charge in [0.05, 0.1) is 17.5 Å². The molecule has 0 saturated heterocycles. The van der Waals surface area contributed by atoms with Gasteiger partial charge in [-0.25, -0.2) is 4.98 Å². The van der Waals surface area contributed by atoms with Crippen LogP contribution in [0, 0.1) is 6.92 Å². The third-order valence-corrected chi connectivity index (χ3v) is 4.12. The summed E-state index contributed by atoms with van der Waals surface area (Å²) in [6.45, 7) is 8.20. The molecule has 0 fully saturated rings. The zero-order valence-corrected chi connectivity index (χ0v) is 13.5. The Hall–Kier alpha value is -2.13. The Kier molecular flexibility index (Phi) is 3.75. The Morgan fingerprint density at radius 2 is 1.68 bits per heavy atom. The number of pyridine rings is 1. The lowest BCUT2D eigenvalue weighted by Gasteiger charge is -2.11. The Labute approximate surface area is 131 Å². The zero-order valence-electron chi connectivity index (χ0n) is 13.5. The van der Waals surface area contributed by atoms with Crippen molar-refractivity contribution in [3.63, 3.8) is 0 Å². The first-order chi connectivity index (χ1) is 10.5. The van der Waals surface area contributed by atoms with E-state index in [1.54, 1.807) is 6.92 Å². The number of hydrogen-bond acceptors (Lipinski definition) is 2. The number of aryl methyl sites for hydroxylation is 1. The summed E-state index contributed by atoms with van der Waals surface area (Å²) in [4.78, 5) is 4.74. The molecule has 0 aliphatic rings. The second-order valence-corrected chi connectivity index (χ2v) is 6.16. The maximum Gasteiger partial charge on any atom is 0.137 e. The highest BCUT2D eigenvalue weighted by Crippen LogP contribution is 2.30. The van der Waals surface area contributed by atoms with Gasteiger partial charge in [-0.15, -0.1) is 0 Å².